The third-order valence-corrected chi connectivity index (χ3v) is 5.46. The van der Waals surface area contributed by atoms with E-state index in [4.69, 9.17) is 11.6 Å². The van der Waals surface area contributed by atoms with Crippen molar-refractivity contribution in [3.05, 3.63) is 46.6 Å². The molecule has 0 radical (unpaired) electrons. The second-order valence-corrected chi connectivity index (χ2v) is 7.93. The van der Waals surface area contributed by atoms with Crippen LogP contribution in [-0.2, 0) is 11.9 Å². The summed E-state index contributed by atoms with van der Waals surface area (Å²) in [6.45, 7) is 3.97. The Hall–Kier alpha value is -0.850. The molecule has 0 unspecified atom stereocenters. The summed E-state index contributed by atoms with van der Waals surface area (Å²) in [6.07, 6.45) is -3.50. The number of nitrogens with zero attached hydrogens (tertiary/aromatic N) is 1. The Morgan fingerprint density at radius 1 is 1.12 bits per heavy atom. The summed E-state index contributed by atoms with van der Waals surface area (Å²) >= 11 is 9.31. The minimum Gasteiger partial charge on any atom is -0.254 e. The number of hydrogen-bond donors (Lipinski definition) is 0. The summed E-state index contributed by atoms with van der Waals surface area (Å²) in [4.78, 5) is 4.63. The third-order valence-electron chi connectivity index (χ3n) is 3.26. The molecule has 2 rings (SSSR count). The lowest BCUT2D eigenvalue weighted by Gasteiger charge is -2.13. The molecule has 0 amide bonds. The smallest absolute Gasteiger partial charge is 0.254 e. The predicted octanol–water partition coefficient (Wildman–Crippen LogP) is 6.79. The standard InChI is InChI=1S/C17H17ClF3NS2/c1-3-23-10-12-7-11(5-6-14(12)18)16-15(24-4-2)8-13(9-22-16)17(19,20)21/h5-9H,3-4,10H2,1-2H3. The van der Waals surface area contributed by atoms with Crippen LogP contribution in [0.2, 0.25) is 5.02 Å². The zero-order chi connectivity index (χ0) is 17.7. The first kappa shape index (κ1) is 19.5. The monoisotopic (exact) mass is 391 g/mol. The zero-order valence-electron chi connectivity index (χ0n) is 13.3. The van der Waals surface area contributed by atoms with Gasteiger partial charge in [-0.3, -0.25) is 4.98 Å². The maximum absolute atomic E-state index is 12.9. The van der Waals surface area contributed by atoms with Crippen LogP contribution in [0.1, 0.15) is 25.0 Å². The van der Waals surface area contributed by atoms with Gasteiger partial charge < -0.3 is 0 Å². The number of alkyl halides is 3. The molecule has 1 aromatic carbocycles. The van der Waals surface area contributed by atoms with Gasteiger partial charge >= 0.3 is 6.18 Å². The lowest BCUT2D eigenvalue weighted by atomic mass is 10.1. The molecule has 24 heavy (non-hydrogen) atoms. The first-order valence-corrected chi connectivity index (χ1v) is 9.95. The summed E-state index contributed by atoms with van der Waals surface area (Å²) < 4.78 is 38.8. The van der Waals surface area contributed by atoms with Crippen molar-refractivity contribution >= 4 is 35.1 Å². The van der Waals surface area contributed by atoms with Gasteiger partial charge in [-0.25, -0.2) is 0 Å². The van der Waals surface area contributed by atoms with Crippen LogP contribution in [0.4, 0.5) is 13.2 Å². The molecule has 0 bridgehead atoms. The van der Waals surface area contributed by atoms with Crippen LogP contribution in [0.15, 0.2) is 35.4 Å². The molecule has 0 saturated carbocycles. The van der Waals surface area contributed by atoms with Gasteiger partial charge in [0.15, 0.2) is 0 Å². The lowest BCUT2D eigenvalue weighted by Crippen LogP contribution is -2.06. The van der Waals surface area contributed by atoms with Crippen LogP contribution in [0.25, 0.3) is 11.3 Å². The molecule has 1 heterocycles. The van der Waals surface area contributed by atoms with Gasteiger partial charge in [-0.15, -0.1) is 11.8 Å². The molecule has 7 heteroatoms. The van der Waals surface area contributed by atoms with Gasteiger partial charge in [0.1, 0.15) is 0 Å². The molecule has 0 aliphatic carbocycles. The van der Waals surface area contributed by atoms with E-state index in [-0.39, 0.29) is 0 Å². The highest BCUT2D eigenvalue weighted by Gasteiger charge is 2.31. The Labute approximate surface area is 153 Å². The van der Waals surface area contributed by atoms with Crippen molar-refractivity contribution in [1.82, 2.24) is 4.98 Å². The van der Waals surface area contributed by atoms with Gasteiger partial charge in [0.2, 0.25) is 0 Å². The third kappa shape index (κ3) is 4.83. The molecular weight excluding hydrogens is 375 g/mol. The van der Waals surface area contributed by atoms with Crippen LogP contribution < -0.4 is 0 Å². The van der Waals surface area contributed by atoms with E-state index in [2.05, 4.69) is 11.9 Å². The molecule has 1 nitrogen and oxygen atoms in total. The van der Waals surface area contributed by atoms with E-state index in [0.29, 0.717) is 21.4 Å². The second-order valence-electron chi connectivity index (χ2n) is 4.94. The Morgan fingerprint density at radius 3 is 2.50 bits per heavy atom. The first-order valence-electron chi connectivity index (χ1n) is 7.43. The quantitative estimate of drug-likeness (QED) is 0.503. The Bertz CT molecular complexity index is 705. The largest absolute Gasteiger partial charge is 0.417 e. The molecular formula is C17H17ClF3NS2. The molecule has 0 N–H and O–H groups in total. The zero-order valence-corrected chi connectivity index (χ0v) is 15.7. The molecule has 2 aromatic rings. The van der Waals surface area contributed by atoms with Gasteiger partial charge in [-0.05, 0) is 35.3 Å². The number of benzene rings is 1. The van der Waals surface area contributed by atoms with E-state index in [9.17, 15) is 13.2 Å². The molecule has 0 spiro atoms. The summed E-state index contributed by atoms with van der Waals surface area (Å²) in [7, 11) is 0. The molecule has 0 aliphatic heterocycles. The predicted molar refractivity (Wildman–Crippen MR) is 97.9 cm³/mol. The second kappa shape index (κ2) is 8.50. The minimum atomic E-state index is -4.39. The van der Waals surface area contributed by atoms with Gasteiger partial charge in [0.05, 0.1) is 11.3 Å². The van der Waals surface area contributed by atoms with E-state index < -0.39 is 11.7 Å². The number of halogens is 4. The van der Waals surface area contributed by atoms with E-state index in [1.54, 1.807) is 23.9 Å². The summed E-state index contributed by atoms with van der Waals surface area (Å²) in [5.41, 5.74) is 1.60. The van der Waals surface area contributed by atoms with Gasteiger partial charge in [-0.2, -0.15) is 24.9 Å². The fraction of sp³-hybridized carbons (Fsp3) is 0.353. The Morgan fingerprint density at radius 2 is 1.88 bits per heavy atom. The molecule has 1 aromatic heterocycles. The average Bonchev–Trinajstić information content (AvgIpc) is 2.54. The van der Waals surface area contributed by atoms with Crippen molar-refractivity contribution in [2.75, 3.05) is 11.5 Å². The Kier molecular flexibility index (Phi) is 6.89. The lowest BCUT2D eigenvalue weighted by molar-refractivity contribution is -0.138. The minimum absolute atomic E-state index is 0.531. The number of rotatable bonds is 6. The number of hydrogen-bond acceptors (Lipinski definition) is 3. The van der Waals surface area contributed by atoms with Crippen molar-refractivity contribution in [1.29, 1.82) is 0 Å². The Balaban J connectivity index is 2.47. The molecule has 0 saturated heterocycles. The van der Waals surface area contributed by atoms with Crippen LogP contribution in [0.5, 0.6) is 0 Å². The van der Waals surface area contributed by atoms with Crippen LogP contribution in [0.3, 0.4) is 0 Å². The van der Waals surface area contributed by atoms with E-state index in [1.807, 2.05) is 13.0 Å². The van der Waals surface area contributed by atoms with E-state index in [0.717, 1.165) is 28.8 Å². The molecule has 0 atom stereocenters. The van der Waals surface area contributed by atoms with Gasteiger partial charge in [0.25, 0.3) is 0 Å². The maximum Gasteiger partial charge on any atom is 0.417 e. The highest BCUT2D eigenvalue weighted by atomic mass is 35.5. The summed E-state index contributed by atoms with van der Waals surface area (Å²) in [5.74, 6) is 2.40. The topological polar surface area (TPSA) is 12.9 Å². The van der Waals surface area contributed by atoms with Crippen molar-refractivity contribution in [2.24, 2.45) is 0 Å². The normalized spacial score (nSPS) is 11.8. The van der Waals surface area contributed by atoms with Crippen LogP contribution in [0, 0.1) is 0 Å². The molecule has 0 aliphatic rings. The summed E-state index contributed by atoms with van der Waals surface area (Å²) in [6, 6.07) is 6.67. The SMILES string of the molecule is CCSCc1cc(-c2ncc(C(F)(F)F)cc2SCC)ccc1Cl. The van der Waals surface area contributed by atoms with Crippen molar-refractivity contribution in [2.45, 2.75) is 30.7 Å². The van der Waals surface area contributed by atoms with Crippen LogP contribution >= 0.6 is 35.1 Å². The van der Waals surface area contributed by atoms with E-state index in [1.165, 1.54) is 17.8 Å². The number of thioether (sulfide) groups is 2. The van der Waals surface area contributed by atoms with Gasteiger partial charge in [-0.1, -0.05) is 31.5 Å². The number of aromatic nitrogens is 1. The fourth-order valence-corrected chi connectivity index (χ4v) is 3.88. The molecule has 0 fully saturated rings. The maximum atomic E-state index is 12.9. The first-order chi connectivity index (χ1) is 11.4. The highest BCUT2D eigenvalue weighted by Crippen LogP contribution is 2.37. The molecule has 130 valence electrons. The van der Waals surface area contributed by atoms with Crippen LogP contribution in [-0.4, -0.2) is 16.5 Å². The van der Waals surface area contributed by atoms with E-state index >= 15 is 0 Å². The number of pyridine rings is 1. The van der Waals surface area contributed by atoms with Crippen molar-refractivity contribution in [3.8, 4) is 11.3 Å². The van der Waals surface area contributed by atoms with Gasteiger partial charge in [0, 0.05) is 27.4 Å². The van der Waals surface area contributed by atoms with Crippen molar-refractivity contribution in [3.63, 3.8) is 0 Å². The fourth-order valence-electron chi connectivity index (χ4n) is 2.13. The summed E-state index contributed by atoms with van der Waals surface area (Å²) in [5, 5.41) is 0.663. The highest BCUT2D eigenvalue weighted by molar-refractivity contribution is 7.99. The van der Waals surface area contributed by atoms with Crippen molar-refractivity contribution < 1.29 is 13.2 Å². The average molecular weight is 392 g/mol.